The van der Waals surface area contributed by atoms with Crippen LogP contribution in [0.4, 0.5) is 0 Å². The number of fused-ring (bicyclic) bond motifs is 1. The maximum absolute atomic E-state index is 12.8. The Morgan fingerprint density at radius 1 is 1.19 bits per heavy atom. The highest BCUT2D eigenvalue weighted by Crippen LogP contribution is 2.40. The second-order valence-electron chi connectivity index (χ2n) is 7.86. The summed E-state index contributed by atoms with van der Waals surface area (Å²) in [6.07, 6.45) is 6.03. The lowest BCUT2D eigenvalue weighted by molar-refractivity contribution is -0.140. The fourth-order valence-corrected chi connectivity index (χ4v) is 3.96. The number of aryl methyl sites for hydroxylation is 1. The van der Waals surface area contributed by atoms with Crippen LogP contribution in [0.1, 0.15) is 62.4 Å². The molecule has 0 aromatic carbocycles. The maximum Gasteiger partial charge on any atom is 0.242 e. The standard InChI is InChI=1S/C19H28N4O3/c24-17-5-2-1-3-8-22(17)13-18(25)21-9-4-10-23-15(12-21)11-16(20-23)19(26)14-6-7-14/h11,14,19,26H,1-10,12-13H2/t19-/m1/s1. The number of aromatic nitrogens is 2. The lowest BCUT2D eigenvalue weighted by atomic mass is 10.1. The number of aliphatic hydroxyl groups is 1. The summed E-state index contributed by atoms with van der Waals surface area (Å²) in [5.74, 6) is 0.464. The van der Waals surface area contributed by atoms with Crippen molar-refractivity contribution in [2.45, 2.75) is 64.1 Å². The zero-order valence-corrected chi connectivity index (χ0v) is 15.3. The Labute approximate surface area is 153 Å². The van der Waals surface area contributed by atoms with Crippen LogP contribution >= 0.6 is 0 Å². The van der Waals surface area contributed by atoms with Crippen LogP contribution in [0.15, 0.2) is 6.07 Å². The van der Waals surface area contributed by atoms with Crippen LogP contribution in [-0.4, -0.2) is 56.1 Å². The van der Waals surface area contributed by atoms with Gasteiger partial charge in [0.1, 0.15) is 6.10 Å². The van der Waals surface area contributed by atoms with Gasteiger partial charge in [0, 0.05) is 26.1 Å². The van der Waals surface area contributed by atoms with Gasteiger partial charge < -0.3 is 14.9 Å². The van der Waals surface area contributed by atoms with Crippen LogP contribution in [-0.2, 0) is 22.7 Å². The van der Waals surface area contributed by atoms with Gasteiger partial charge in [-0.1, -0.05) is 6.42 Å². The van der Waals surface area contributed by atoms with Crippen LogP contribution < -0.4 is 0 Å². The smallest absolute Gasteiger partial charge is 0.242 e. The summed E-state index contributed by atoms with van der Waals surface area (Å²) in [5.41, 5.74) is 1.72. The predicted octanol–water partition coefficient (Wildman–Crippen LogP) is 1.46. The number of hydrogen-bond acceptors (Lipinski definition) is 4. The summed E-state index contributed by atoms with van der Waals surface area (Å²) in [6, 6.07) is 1.95. The number of hydrogen-bond donors (Lipinski definition) is 1. The van der Waals surface area contributed by atoms with Crippen molar-refractivity contribution in [3.05, 3.63) is 17.5 Å². The molecule has 0 radical (unpaired) electrons. The van der Waals surface area contributed by atoms with Gasteiger partial charge >= 0.3 is 0 Å². The first-order valence-corrected chi connectivity index (χ1v) is 9.92. The van der Waals surface area contributed by atoms with E-state index in [1.165, 1.54) is 0 Å². The van der Waals surface area contributed by atoms with Gasteiger partial charge in [-0.15, -0.1) is 0 Å². The average molecular weight is 360 g/mol. The molecule has 3 heterocycles. The summed E-state index contributed by atoms with van der Waals surface area (Å²) in [6.45, 7) is 2.83. The maximum atomic E-state index is 12.8. The van der Waals surface area contributed by atoms with E-state index in [1.54, 1.807) is 4.90 Å². The number of nitrogens with zero attached hydrogens (tertiary/aromatic N) is 4. The fraction of sp³-hybridized carbons (Fsp3) is 0.737. The first kappa shape index (κ1) is 17.5. The van der Waals surface area contributed by atoms with Gasteiger partial charge in [0.25, 0.3) is 0 Å². The largest absolute Gasteiger partial charge is 0.386 e. The molecule has 3 aliphatic rings. The number of amides is 2. The van der Waals surface area contributed by atoms with Gasteiger partial charge in [-0.2, -0.15) is 5.10 Å². The number of carbonyl (C=O) groups is 2. The van der Waals surface area contributed by atoms with Crippen LogP contribution in [0.5, 0.6) is 0 Å². The third-order valence-corrected chi connectivity index (χ3v) is 5.75. The zero-order chi connectivity index (χ0) is 18.1. The molecule has 0 bridgehead atoms. The summed E-state index contributed by atoms with van der Waals surface area (Å²) in [4.78, 5) is 28.5. The molecule has 7 nitrogen and oxygen atoms in total. The van der Waals surface area contributed by atoms with Crippen molar-refractivity contribution in [1.29, 1.82) is 0 Å². The van der Waals surface area contributed by atoms with E-state index in [2.05, 4.69) is 5.10 Å². The first-order chi connectivity index (χ1) is 12.6. The molecule has 1 atom stereocenters. The van der Waals surface area contributed by atoms with E-state index in [0.717, 1.165) is 56.5 Å². The Kier molecular flexibility index (Phi) is 4.98. The monoisotopic (exact) mass is 360 g/mol. The molecule has 2 fully saturated rings. The second-order valence-corrected chi connectivity index (χ2v) is 7.86. The molecule has 1 N–H and O–H groups in total. The Morgan fingerprint density at radius 2 is 2.04 bits per heavy atom. The van der Waals surface area contributed by atoms with E-state index in [1.807, 2.05) is 15.6 Å². The quantitative estimate of drug-likeness (QED) is 0.882. The lowest BCUT2D eigenvalue weighted by Crippen LogP contribution is -2.42. The predicted molar refractivity (Wildman–Crippen MR) is 95.0 cm³/mol. The van der Waals surface area contributed by atoms with Gasteiger partial charge in [0.05, 0.1) is 24.5 Å². The third-order valence-electron chi connectivity index (χ3n) is 5.75. The molecular weight excluding hydrogens is 332 g/mol. The topological polar surface area (TPSA) is 78.7 Å². The summed E-state index contributed by atoms with van der Waals surface area (Å²) in [5, 5.41) is 14.9. The zero-order valence-electron chi connectivity index (χ0n) is 15.3. The van der Waals surface area contributed by atoms with Crippen molar-refractivity contribution in [2.75, 3.05) is 19.6 Å². The highest BCUT2D eigenvalue weighted by molar-refractivity contribution is 5.85. The molecule has 1 saturated carbocycles. The van der Waals surface area contributed by atoms with E-state index in [-0.39, 0.29) is 18.4 Å². The van der Waals surface area contributed by atoms with E-state index in [0.29, 0.717) is 32.0 Å². The molecule has 1 aromatic heterocycles. The Morgan fingerprint density at radius 3 is 2.85 bits per heavy atom. The van der Waals surface area contributed by atoms with Crippen molar-refractivity contribution in [2.24, 2.45) is 5.92 Å². The minimum Gasteiger partial charge on any atom is -0.386 e. The molecule has 1 saturated heterocycles. The summed E-state index contributed by atoms with van der Waals surface area (Å²) in [7, 11) is 0. The van der Waals surface area contributed by atoms with E-state index >= 15 is 0 Å². The molecule has 26 heavy (non-hydrogen) atoms. The molecular formula is C19H28N4O3. The molecule has 0 spiro atoms. The number of likely N-dealkylation sites (tertiary alicyclic amines) is 1. The minimum absolute atomic E-state index is 0.0131. The van der Waals surface area contributed by atoms with Crippen molar-refractivity contribution in [3.8, 4) is 0 Å². The van der Waals surface area contributed by atoms with Gasteiger partial charge in [-0.25, -0.2) is 0 Å². The number of aliphatic hydroxyl groups excluding tert-OH is 1. The van der Waals surface area contributed by atoms with Crippen molar-refractivity contribution < 1.29 is 14.7 Å². The first-order valence-electron chi connectivity index (χ1n) is 9.92. The molecule has 4 rings (SSSR count). The number of rotatable bonds is 4. The Bertz CT molecular complexity index is 682. The summed E-state index contributed by atoms with van der Waals surface area (Å²) >= 11 is 0. The highest BCUT2D eigenvalue weighted by Gasteiger charge is 2.33. The van der Waals surface area contributed by atoms with Crippen LogP contribution in [0.25, 0.3) is 0 Å². The molecule has 1 aliphatic carbocycles. The molecule has 1 aromatic rings. The molecule has 2 aliphatic heterocycles. The minimum atomic E-state index is -0.478. The molecule has 0 unspecified atom stereocenters. The van der Waals surface area contributed by atoms with Crippen molar-refractivity contribution in [1.82, 2.24) is 19.6 Å². The van der Waals surface area contributed by atoms with Gasteiger partial charge in [-0.05, 0) is 44.1 Å². The van der Waals surface area contributed by atoms with Crippen LogP contribution in [0.2, 0.25) is 0 Å². The normalized spacial score (nSPS) is 22.6. The SMILES string of the molecule is O=C1CCCCCN1CC(=O)N1CCCn2nc([C@H](O)C3CC3)cc2C1. The second kappa shape index (κ2) is 7.39. The average Bonchev–Trinajstić information content (AvgIpc) is 3.44. The Hall–Kier alpha value is -1.89. The molecule has 142 valence electrons. The van der Waals surface area contributed by atoms with Gasteiger partial charge in [0.2, 0.25) is 11.8 Å². The van der Waals surface area contributed by atoms with Crippen molar-refractivity contribution in [3.63, 3.8) is 0 Å². The third kappa shape index (κ3) is 3.77. The number of carbonyl (C=O) groups excluding carboxylic acids is 2. The van der Waals surface area contributed by atoms with E-state index in [9.17, 15) is 14.7 Å². The van der Waals surface area contributed by atoms with Crippen LogP contribution in [0, 0.1) is 5.92 Å². The van der Waals surface area contributed by atoms with Crippen LogP contribution in [0.3, 0.4) is 0 Å². The highest BCUT2D eigenvalue weighted by atomic mass is 16.3. The lowest BCUT2D eigenvalue weighted by Gasteiger charge is -2.25. The van der Waals surface area contributed by atoms with Gasteiger partial charge in [-0.3, -0.25) is 14.3 Å². The van der Waals surface area contributed by atoms with Crippen molar-refractivity contribution >= 4 is 11.8 Å². The molecule has 7 heteroatoms. The Balaban J connectivity index is 1.42. The van der Waals surface area contributed by atoms with E-state index < -0.39 is 6.10 Å². The van der Waals surface area contributed by atoms with E-state index in [4.69, 9.17) is 0 Å². The van der Waals surface area contributed by atoms with Gasteiger partial charge in [0.15, 0.2) is 0 Å². The summed E-state index contributed by atoms with van der Waals surface area (Å²) < 4.78 is 1.94. The fourth-order valence-electron chi connectivity index (χ4n) is 3.96. The molecule has 2 amide bonds.